The Kier molecular flexibility index (Phi) is 3.18. The maximum atomic E-state index is 12.1. The molecule has 0 aliphatic carbocycles. The topological polar surface area (TPSA) is 62.5 Å². The van der Waals surface area contributed by atoms with Gasteiger partial charge in [-0.15, -0.1) is 0 Å². The summed E-state index contributed by atoms with van der Waals surface area (Å²) in [7, 11) is 0. The third kappa shape index (κ3) is 2.27. The third-order valence-electron chi connectivity index (χ3n) is 3.78. The van der Waals surface area contributed by atoms with E-state index in [1.54, 1.807) is 18.2 Å². The number of hydrogen-bond donors (Lipinski definition) is 1. The fourth-order valence-electron chi connectivity index (χ4n) is 2.68. The molecule has 1 aliphatic heterocycles. The van der Waals surface area contributed by atoms with Gasteiger partial charge in [-0.3, -0.25) is 4.79 Å². The molecule has 0 atom stereocenters. The third-order valence-corrected chi connectivity index (χ3v) is 3.78. The van der Waals surface area contributed by atoms with E-state index in [4.69, 9.17) is 5.11 Å². The average molecular weight is 272 g/mol. The molecule has 0 bridgehead atoms. The summed E-state index contributed by atoms with van der Waals surface area (Å²) < 4.78 is 1.88. The van der Waals surface area contributed by atoms with Crippen LogP contribution in [0.15, 0.2) is 30.5 Å². The average Bonchev–Trinajstić information content (AvgIpc) is 3.07. The summed E-state index contributed by atoms with van der Waals surface area (Å²) in [6.07, 6.45) is 4.00. The van der Waals surface area contributed by atoms with Crippen LogP contribution in [0.1, 0.15) is 23.2 Å². The van der Waals surface area contributed by atoms with E-state index in [0.717, 1.165) is 36.8 Å². The van der Waals surface area contributed by atoms with Gasteiger partial charge in [-0.2, -0.15) is 0 Å². The van der Waals surface area contributed by atoms with Crippen LogP contribution in [0.25, 0.3) is 10.9 Å². The number of aromatic nitrogens is 1. The van der Waals surface area contributed by atoms with Crippen molar-refractivity contribution in [2.45, 2.75) is 19.4 Å². The number of rotatable bonds is 3. The van der Waals surface area contributed by atoms with Crippen molar-refractivity contribution < 1.29 is 14.7 Å². The Labute approximate surface area is 116 Å². The molecule has 0 radical (unpaired) electrons. The Hall–Kier alpha value is -2.30. The van der Waals surface area contributed by atoms with Gasteiger partial charge in [0.05, 0.1) is 5.56 Å². The minimum Gasteiger partial charge on any atom is -0.478 e. The zero-order valence-corrected chi connectivity index (χ0v) is 11.1. The van der Waals surface area contributed by atoms with Crippen molar-refractivity contribution in [3.63, 3.8) is 0 Å². The van der Waals surface area contributed by atoms with Crippen molar-refractivity contribution in [1.29, 1.82) is 0 Å². The number of fused-ring (bicyclic) bond motifs is 1. The molecule has 5 nitrogen and oxygen atoms in total. The molecule has 2 heterocycles. The number of carboxylic acids is 1. The number of carbonyl (C=O) groups excluding carboxylic acids is 1. The zero-order valence-electron chi connectivity index (χ0n) is 11.1. The predicted octanol–water partition coefficient (Wildman–Crippen LogP) is 1.96. The molecule has 5 heteroatoms. The number of nitrogens with zero attached hydrogens (tertiary/aromatic N) is 2. The molecule has 2 aromatic rings. The molecule has 1 aromatic heterocycles. The maximum absolute atomic E-state index is 12.1. The first-order valence-corrected chi connectivity index (χ1v) is 6.75. The molecule has 20 heavy (non-hydrogen) atoms. The van der Waals surface area contributed by atoms with Crippen LogP contribution >= 0.6 is 0 Å². The minimum atomic E-state index is -0.937. The van der Waals surface area contributed by atoms with E-state index < -0.39 is 5.97 Å². The highest BCUT2D eigenvalue weighted by Gasteiger charge is 2.18. The molecule has 1 N–H and O–H groups in total. The van der Waals surface area contributed by atoms with Gasteiger partial charge in [-0.05, 0) is 37.1 Å². The zero-order chi connectivity index (χ0) is 14.1. The fraction of sp³-hybridized carbons (Fsp3) is 0.333. The molecule has 1 saturated heterocycles. The van der Waals surface area contributed by atoms with Crippen LogP contribution in [0.2, 0.25) is 0 Å². The lowest BCUT2D eigenvalue weighted by molar-refractivity contribution is -0.130. The van der Waals surface area contributed by atoms with E-state index in [-0.39, 0.29) is 11.5 Å². The smallest absolute Gasteiger partial charge is 0.335 e. The van der Waals surface area contributed by atoms with Gasteiger partial charge in [-0.25, -0.2) is 4.79 Å². The lowest BCUT2D eigenvalue weighted by atomic mass is 10.1. The van der Waals surface area contributed by atoms with Crippen LogP contribution in [-0.2, 0) is 11.3 Å². The second-order valence-electron chi connectivity index (χ2n) is 5.11. The molecule has 1 aliphatic rings. The number of benzene rings is 1. The van der Waals surface area contributed by atoms with Crippen LogP contribution in [0, 0.1) is 0 Å². The van der Waals surface area contributed by atoms with E-state index in [1.807, 2.05) is 21.7 Å². The molecule has 3 rings (SSSR count). The maximum Gasteiger partial charge on any atom is 0.335 e. The molecular weight excluding hydrogens is 256 g/mol. The van der Waals surface area contributed by atoms with E-state index in [9.17, 15) is 9.59 Å². The van der Waals surface area contributed by atoms with E-state index in [1.165, 1.54) is 0 Å². The molecule has 0 saturated carbocycles. The van der Waals surface area contributed by atoms with Crippen molar-refractivity contribution in [3.05, 3.63) is 36.0 Å². The van der Waals surface area contributed by atoms with Crippen LogP contribution in [0.3, 0.4) is 0 Å². The molecule has 0 spiro atoms. The first-order chi connectivity index (χ1) is 9.65. The Morgan fingerprint density at radius 1 is 1.15 bits per heavy atom. The molecule has 1 aromatic carbocycles. The van der Waals surface area contributed by atoms with Crippen LogP contribution in [-0.4, -0.2) is 39.5 Å². The first kappa shape index (κ1) is 12.7. The lowest BCUT2D eigenvalue weighted by Gasteiger charge is -2.16. The summed E-state index contributed by atoms with van der Waals surface area (Å²) in [5.41, 5.74) is 1.16. The molecular formula is C15H16N2O3. The highest BCUT2D eigenvalue weighted by Crippen LogP contribution is 2.18. The Morgan fingerprint density at radius 2 is 1.90 bits per heavy atom. The van der Waals surface area contributed by atoms with Gasteiger partial charge in [0.25, 0.3) is 0 Å². The van der Waals surface area contributed by atoms with Gasteiger partial charge in [0.15, 0.2) is 0 Å². The van der Waals surface area contributed by atoms with Crippen LogP contribution < -0.4 is 0 Å². The Balaban J connectivity index is 1.85. The van der Waals surface area contributed by atoms with Crippen LogP contribution in [0.5, 0.6) is 0 Å². The van der Waals surface area contributed by atoms with Gasteiger partial charge in [-0.1, -0.05) is 0 Å². The van der Waals surface area contributed by atoms with Gasteiger partial charge in [0, 0.05) is 30.2 Å². The van der Waals surface area contributed by atoms with E-state index >= 15 is 0 Å². The van der Waals surface area contributed by atoms with Gasteiger partial charge >= 0.3 is 5.97 Å². The molecule has 1 fully saturated rings. The van der Waals surface area contributed by atoms with E-state index in [0.29, 0.717) is 6.54 Å². The standard InChI is InChI=1S/C15H16N2O3/c18-14(16-6-1-2-7-16)10-17-8-5-11-9-12(15(19)20)3-4-13(11)17/h3-5,8-9H,1-2,6-7,10H2,(H,19,20). The Morgan fingerprint density at radius 3 is 2.60 bits per heavy atom. The van der Waals surface area contributed by atoms with Crippen molar-refractivity contribution in [2.24, 2.45) is 0 Å². The van der Waals surface area contributed by atoms with Crippen molar-refractivity contribution >= 4 is 22.8 Å². The van der Waals surface area contributed by atoms with Gasteiger partial charge in [0.1, 0.15) is 6.54 Å². The second kappa shape index (κ2) is 5.00. The highest BCUT2D eigenvalue weighted by molar-refractivity contribution is 5.94. The normalized spacial score (nSPS) is 14.9. The summed E-state index contributed by atoms with van der Waals surface area (Å²) >= 11 is 0. The first-order valence-electron chi connectivity index (χ1n) is 6.75. The number of carboxylic acid groups (broad SMARTS) is 1. The summed E-state index contributed by atoms with van der Waals surface area (Å²) in [6.45, 7) is 2.01. The van der Waals surface area contributed by atoms with Gasteiger partial charge in [0.2, 0.25) is 5.91 Å². The summed E-state index contributed by atoms with van der Waals surface area (Å²) in [5.74, 6) is -0.810. The second-order valence-corrected chi connectivity index (χ2v) is 5.11. The lowest BCUT2D eigenvalue weighted by Crippen LogP contribution is -2.30. The van der Waals surface area contributed by atoms with Crippen LogP contribution in [0.4, 0.5) is 0 Å². The molecule has 0 unspecified atom stereocenters. The van der Waals surface area contributed by atoms with E-state index in [2.05, 4.69) is 0 Å². The monoisotopic (exact) mass is 272 g/mol. The van der Waals surface area contributed by atoms with Gasteiger partial charge < -0.3 is 14.6 Å². The van der Waals surface area contributed by atoms with Crippen molar-refractivity contribution in [2.75, 3.05) is 13.1 Å². The highest BCUT2D eigenvalue weighted by atomic mass is 16.4. The fourth-order valence-corrected chi connectivity index (χ4v) is 2.68. The van der Waals surface area contributed by atoms with Crippen molar-refractivity contribution in [1.82, 2.24) is 9.47 Å². The predicted molar refractivity (Wildman–Crippen MR) is 74.7 cm³/mol. The number of amides is 1. The molecule has 104 valence electrons. The summed E-state index contributed by atoms with van der Waals surface area (Å²) in [6, 6.07) is 6.81. The SMILES string of the molecule is O=C(O)c1ccc2c(ccn2CC(=O)N2CCCC2)c1. The number of likely N-dealkylation sites (tertiary alicyclic amines) is 1. The molecule has 1 amide bonds. The Bertz CT molecular complexity index is 669. The number of aromatic carboxylic acids is 1. The number of carbonyl (C=O) groups is 2. The summed E-state index contributed by atoms with van der Waals surface area (Å²) in [4.78, 5) is 25.0. The van der Waals surface area contributed by atoms with Crippen molar-refractivity contribution in [3.8, 4) is 0 Å². The minimum absolute atomic E-state index is 0.127. The number of hydrogen-bond acceptors (Lipinski definition) is 2. The summed E-state index contributed by atoms with van der Waals surface area (Å²) in [5, 5.41) is 9.82. The largest absolute Gasteiger partial charge is 0.478 e. The quantitative estimate of drug-likeness (QED) is 0.929.